The van der Waals surface area contributed by atoms with Gasteiger partial charge in [0.25, 0.3) is 0 Å². The average Bonchev–Trinajstić information content (AvgIpc) is 3.10. The third-order valence-corrected chi connectivity index (χ3v) is 6.47. The van der Waals surface area contributed by atoms with Crippen molar-refractivity contribution in [1.82, 2.24) is 9.29 Å². The molecule has 1 aromatic heterocycles. The van der Waals surface area contributed by atoms with Crippen LogP contribution in [0.4, 0.5) is 0 Å². The first-order valence-electron chi connectivity index (χ1n) is 7.29. The third kappa shape index (κ3) is 2.42. The summed E-state index contributed by atoms with van der Waals surface area (Å²) in [5.74, 6) is 0.509. The van der Waals surface area contributed by atoms with Crippen LogP contribution in [0.3, 0.4) is 0 Å². The second kappa shape index (κ2) is 5.33. The minimum atomic E-state index is -3.48. The molecule has 0 amide bonds. The molecule has 0 aromatic carbocycles. The molecule has 0 bridgehead atoms. The zero-order valence-electron chi connectivity index (χ0n) is 11.4. The van der Waals surface area contributed by atoms with Gasteiger partial charge in [-0.05, 0) is 37.7 Å². The van der Waals surface area contributed by atoms with E-state index < -0.39 is 10.0 Å². The maximum atomic E-state index is 12.7. The highest BCUT2D eigenvalue weighted by atomic mass is 32.2. The van der Waals surface area contributed by atoms with Crippen molar-refractivity contribution < 1.29 is 8.42 Å². The van der Waals surface area contributed by atoms with Crippen molar-refractivity contribution in [2.45, 2.75) is 49.5 Å². The fourth-order valence-corrected chi connectivity index (χ4v) is 5.29. The van der Waals surface area contributed by atoms with Crippen LogP contribution in [-0.4, -0.2) is 30.3 Å². The normalized spacial score (nSPS) is 25.3. The number of pyridine rings is 1. The molecule has 20 heavy (non-hydrogen) atoms. The minimum Gasteiger partial charge on any atom is -0.328 e. The number of sulfonamides is 1. The summed E-state index contributed by atoms with van der Waals surface area (Å²) in [7, 11) is -3.48. The zero-order valence-corrected chi connectivity index (χ0v) is 12.2. The quantitative estimate of drug-likeness (QED) is 0.923. The van der Waals surface area contributed by atoms with E-state index in [2.05, 4.69) is 4.98 Å². The predicted molar refractivity (Wildman–Crippen MR) is 75.9 cm³/mol. The molecule has 1 aromatic rings. The first-order valence-corrected chi connectivity index (χ1v) is 8.73. The van der Waals surface area contributed by atoms with E-state index in [9.17, 15) is 13.2 Å². The summed E-state index contributed by atoms with van der Waals surface area (Å²) in [5, 5.41) is 0. The van der Waals surface area contributed by atoms with Crippen molar-refractivity contribution in [3.63, 3.8) is 0 Å². The fourth-order valence-electron chi connectivity index (χ4n) is 3.57. The summed E-state index contributed by atoms with van der Waals surface area (Å²) < 4.78 is 27.1. The number of hydrogen-bond donors (Lipinski definition) is 1. The topological polar surface area (TPSA) is 70.2 Å². The smallest absolute Gasteiger partial charge is 0.247 e. The molecule has 1 saturated carbocycles. The van der Waals surface area contributed by atoms with E-state index in [0.717, 1.165) is 25.7 Å². The van der Waals surface area contributed by atoms with Crippen molar-refractivity contribution >= 4 is 10.0 Å². The van der Waals surface area contributed by atoms with Crippen molar-refractivity contribution in [1.29, 1.82) is 0 Å². The van der Waals surface area contributed by atoms with Gasteiger partial charge in [-0.15, -0.1) is 0 Å². The summed E-state index contributed by atoms with van der Waals surface area (Å²) in [4.78, 5) is 13.7. The molecule has 1 aliphatic carbocycles. The van der Waals surface area contributed by atoms with Crippen LogP contribution in [0.25, 0.3) is 0 Å². The maximum absolute atomic E-state index is 12.7. The van der Waals surface area contributed by atoms with E-state index in [1.165, 1.54) is 31.2 Å². The fraction of sp³-hybridized carbons (Fsp3) is 0.643. The number of nitrogens with one attached hydrogen (secondary N) is 1. The molecule has 3 rings (SSSR count). The Balaban J connectivity index is 1.89. The number of aromatic amines is 1. The van der Waals surface area contributed by atoms with Crippen LogP contribution in [0.1, 0.15) is 38.5 Å². The molecule has 0 radical (unpaired) electrons. The van der Waals surface area contributed by atoms with Gasteiger partial charge in [-0.3, -0.25) is 4.79 Å². The summed E-state index contributed by atoms with van der Waals surface area (Å²) in [5.41, 5.74) is -0.280. The highest BCUT2D eigenvalue weighted by molar-refractivity contribution is 7.89. The van der Waals surface area contributed by atoms with Crippen molar-refractivity contribution in [2.24, 2.45) is 5.92 Å². The highest BCUT2D eigenvalue weighted by Gasteiger charge is 2.40. The van der Waals surface area contributed by atoms with E-state index >= 15 is 0 Å². The minimum absolute atomic E-state index is 0.148. The number of nitrogens with zero attached hydrogens (tertiary/aromatic N) is 1. The monoisotopic (exact) mass is 296 g/mol. The lowest BCUT2D eigenvalue weighted by Crippen LogP contribution is -2.39. The van der Waals surface area contributed by atoms with Gasteiger partial charge in [0.15, 0.2) is 0 Å². The van der Waals surface area contributed by atoms with Crippen LogP contribution in [0.5, 0.6) is 0 Å². The molecular formula is C14H20N2O3S. The van der Waals surface area contributed by atoms with E-state index in [-0.39, 0.29) is 16.5 Å². The molecular weight excluding hydrogens is 276 g/mol. The molecule has 1 atom stereocenters. The number of H-pyrrole nitrogens is 1. The third-order valence-electron chi connectivity index (χ3n) is 4.55. The first kappa shape index (κ1) is 13.8. The Labute approximate surface area is 119 Å². The van der Waals surface area contributed by atoms with Crippen LogP contribution >= 0.6 is 0 Å². The van der Waals surface area contributed by atoms with Crippen LogP contribution in [0.15, 0.2) is 28.0 Å². The molecule has 2 fully saturated rings. The standard InChI is InChI=1S/C14H20N2O3S/c17-14-8-7-12(10-15-14)20(18,19)16-9-3-6-13(16)11-4-1-2-5-11/h7-8,10-11,13H,1-6,9H2,(H,15,17). The lowest BCUT2D eigenvalue weighted by atomic mass is 9.97. The lowest BCUT2D eigenvalue weighted by molar-refractivity contribution is 0.288. The Bertz CT molecular complexity index is 612. The molecule has 110 valence electrons. The van der Waals surface area contributed by atoms with Crippen LogP contribution in [0.2, 0.25) is 0 Å². The molecule has 5 nitrogen and oxygen atoms in total. The molecule has 1 unspecified atom stereocenters. The Morgan fingerprint density at radius 2 is 1.85 bits per heavy atom. The van der Waals surface area contributed by atoms with Gasteiger partial charge < -0.3 is 4.98 Å². The Hall–Kier alpha value is -1.14. The van der Waals surface area contributed by atoms with Gasteiger partial charge in [-0.25, -0.2) is 8.42 Å². The highest BCUT2D eigenvalue weighted by Crippen LogP contribution is 2.37. The van der Waals surface area contributed by atoms with E-state index in [1.807, 2.05) is 0 Å². The van der Waals surface area contributed by atoms with Gasteiger partial charge in [0.05, 0.1) is 4.90 Å². The summed E-state index contributed by atoms with van der Waals surface area (Å²) in [6.07, 6.45) is 7.92. The maximum Gasteiger partial charge on any atom is 0.247 e. The predicted octanol–water partition coefficient (Wildman–Crippen LogP) is 1.72. The van der Waals surface area contributed by atoms with E-state index in [4.69, 9.17) is 0 Å². The molecule has 2 heterocycles. The average molecular weight is 296 g/mol. The molecule has 1 N–H and O–H groups in total. The zero-order chi connectivity index (χ0) is 14.2. The molecule has 0 spiro atoms. The van der Waals surface area contributed by atoms with Gasteiger partial charge in [-0.2, -0.15) is 4.31 Å². The van der Waals surface area contributed by atoms with Gasteiger partial charge in [-0.1, -0.05) is 12.8 Å². The second-order valence-corrected chi connectivity index (χ2v) is 7.65. The van der Waals surface area contributed by atoms with Gasteiger partial charge in [0.1, 0.15) is 0 Å². The Morgan fingerprint density at radius 1 is 1.10 bits per heavy atom. The summed E-state index contributed by atoms with van der Waals surface area (Å²) in [6, 6.07) is 2.82. The van der Waals surface area contributed by atoms with Crippen molar-refractivity contribution in [2.75, 3.05) is 6.54 Å². The second-order valence-electron chi connectivity index (χ2n) is 5.76. The molecule has 1 saturated heterocycles. The van der Waals surface area contributed by atoms with Crippen LogP contribution in [-0.2, 0) is 10.0 Å². The number of hydrogen-bond acceptors (Lipinski definition) is 3. The van der Waals surface area contributed by atoms with Crippen molar-refractivity contribution in [3.8, 4) is 0 Å². The number of rotatable bonds is 3. The largest absolute Gasteiger partial charge is 0.328 e. The Kier molecular flexibility index (Phi) is 3.69. The van der Waals surface area contributed by atoms with Gasteiger partial charge >= 0.3 is 0 Å². The van der Waals surface area contributed by atoms with Gasteiger partial charge in [0.2, 0.25) is 15.6 Å². The first-order chi connectivity index (χ1) is 9.59. The lowest BCUT2D eigenvalue weighted by Gasteiger charge is -2.28. The van der Waals surface area contributed by atoms with E-state index in [1.54, 1.807) is 4.31 Å². The SMILES string of the molecule is O=c1ccc(S(=O)(=O)N2CCCC2C2CCCC2)c[nH]1. The van der Waals surface area contributed by atoms with Crippen molar-refractivity contribution in [3.05, 3.63) is 28.7 Å². The Morgan fingerprint density at radius 3 is 2.50 bits per heavy atom. The number of aromatic nitrogens is 1. The summed E-state index contributed by atoms with van der Waals surface area (Å²) in [6.45, 7) is 0.600. The van der Waals surface area contributed by atoms with Crippen LogP contribution < -0.4 is 5.56 Å². The molecule has 6 heteroatoms. The molecule has 2 aliphatic rings. The van der Waals surface area contributed by atoms with Gasteiger partial charge in [0, 0.05) is 24.8 Å². The summed E-state index contributed by atoms with van der Waals surface area (Å²) >= 11 is 0. The van der Waals surface area contributed by atoms with E-state index in [0.29, 0.717) is 12.5 Å². The van der Waals surface area contributed by atoms with Crippen LogP contribution in [0, 0.1) is 5.92 Å². The molecule has 1 aliphatic heterocycles.